The second kappa shape index (κ2) is 7.75. The van der Waals surface area contributed by atoms with Crippen LogP contribution in [-0.2, 0) is 4.79 Å². The van der Waals surface area contributed by atoms with E-state index in [9.17, 15) is 4.79 Å². The maximum Gasteiger partial charge on any atom is 0.237 e. The molecule has 0 spiro atoms. The van der Waals surface area contributed by atoms with Gasteiger partial charge in [-0.25, -0.2) is 9.97 Å². The molecule has 1 N–H and O–H groups in total. The summed E-state index contributed by atoms with van der Waals surface area (Å²) in [6.07, 6.45) is 3.34. The van der Waals surface area contributed by atoms with Crippen molar-refractivity contribution in [2.45, 2.75) is 17.3 Å². The lowest BCUT2D eigenvalue weighted by molar-refractivity contribution is -0.115. The summed E-state index contributed by atoms with van der Waals surface area (Å²) in [6.45, 7) is 1.85. The molecule has 0 radical (unpaired) electrons. The summed E-state index contributed by atoms with van der Waals surface area (Å²) in [7, 11) is 0. The smallest absolute Gasteiger partial charge is 0.237 e. The number of hydrogen-bond donors (Lipinski definition) is 1. The maximum atomic E-state index is 12.5. The van der Waals surface area contributed by atoms with E-state index in [1.165, 1.54) is 11.8 Å². The molecule has 5 heteroatoms. The van der Waals surface area contributed by atoms with Crippen LogP contribution in [0.4, 0.5) is 5.69 Å². The molecule has 0 aliphatic heterocycles. The molecule has 1 amide bonds. The van der Waals surface area contributed by atoms with Crippen LogP contribution in [0.5, 0.6) is 0 Å². The van der Waals surface area contributed by atoms with Crippen molar-refractivity contribution in [3.8, 4) is 11.1 Å². The minimum Gasteiger partial charge on any atom is -0.325 e. The Labute approximate surface area is 145 Å². The normalized spacial score (nSPS) is 11.7. The van der Waals surface area contributed by atoms with Crippen LogP contribution in [0.1, 0.15) is 6.92 Å². The number of anilines is 1. The van der Waals surface area contributed by atoms with E-state index >= 15 is 0 Å². The molecule has 1 heterocycles. The SMILES string of the molecule is CC(Sc1ncccn1)C(=O)Nc1ccccc1-c1ccccc1. The van der Waals surface area contributed by atoms with Crippen LogP contribution in [0, 0.1) is 0 Å². The van der Waals surface area contributed by atoms with E-state index in [1.54, 1.807) is 18.5 Å². The number of para-hydroxylation sites is 1. The molecule has 0 saturated carbocycles. The van der Waals surface area contributed by atoms with E-state index < -0.39 is 0 Å². The van der Waals surface area contributed by atoms with Crippen LogP contribution >= 0.6 is 11.8 Å². The van der Waals surface area contributed by atoms with E-state index in [2.05, 4.69) is 15.3 Å². The Bertz CT molecular complexity index is 809. The summed E-state index contributed by atoms with van der Waals surface area (Å²) in [5.74, 6) is -0.0733. The van der Waals surface area contributed by atoms with Gasteiger partial charge in [-0.1, -0.05) is 60.3 Å². The molecule has 4 nitrogen and oxygen atoms in total. The van der Waals surface area contributed by atoms with Gasteiger partial charge < -0.3 is 5.32 Å². The van der Waals surface area contributed by atoms with E-state index in [1.807, 2.05) is 61.5 Å². The number of carbonyl (C=O) groups excluding carboxylic acids is 1. The van der Waals surface area contributed by atoms with Gasteiger partial charge in [0.05, 0.1) is 5.25 Å². The number of thioether (sulfide) groups is 1. The maximum absolute atomic E-state index is 12.5. The number of benzene rings is 2. The van der Waals surface area contributed by atoms with Crippen molar-refractivity contribution in [3.05, 3.63) is 73.1 Å². The predicted molar refractivity (Wildman–Crippen MR) is 97.9 cm³/mol. The summed E-state index contributed by atoms with van der Waals surface area (Å²) in [4.78, 5) is 20.8. The minimum atomic E-state index is -0.295. The molecule has 1 aromatic heterocycles. The second-order valence-corrected chi connectivity index (χ2v) is 6.50. The van der Waals surface area contributed by atoms with Crippen molar-refractivity contribution >= 4 is 23.4 Å². The van der Waals surface area contributed by atoms with Gasteiger partial charge in [-0.2, -0.15) is 0 Å². The quantitative estimate of drug-likeness (QED) is 0.559. The number of aromatic nitrogens is 2. The molecule has 3 aromatic rings. The molecule has 0 bridgehead atoms. The molecule has 2 aromatic carbocycles. The molecule has 0 aliphatic rings. The van der Waals surface area contributed by atoms with Crippen LogP contribution in [-0.4, -0.2) is 21.1 Å². The van der Waals surface area contributed by atoms with Crippen molar-refractivity contribution in [3.63, 3.8) is 0 Å². The molecule has 1 unspecified atom stereocenters. The first kappa shape index (κ1) is 16.2. The third kappa shape index (κ3) is 4.00. The van der Waals surface area contributed by atoms with Crippen LogP contribution in [0.25, 0.3) is 11.1 Å². The van der Waals surface area contributed by atoms with Gasteiger partial charge in [0.15, 0.2) is 5.16 Å². The Morgan fingerprint density at radius 2 is 1.62 bits per heavy atom. The van der Waals surface area contributed by atoms with Gasteiger partial charge in [0.25, 0.3) is 0 Å². The van der Waals surface area contributed by atoms with Gasteiger partial charge in [-0.15, -0.1) is 0 Å². The van der Waals surface area contributed by atoms with Crippen molar-refractivity contribution in [2.24, 2.45) is 0 Å². The van der Waals surface area contributed by atoms with Crippen LogP contribution in [0.2, 0.25) is 0 Å². The zero-order valence-electron chi connectivity index (χ0n) is 13.2. The first-order valence-corrected chi connectivity index (χ1v) is 8.51. The van der Waals surface area contributed by atoms with E-state index in [0.717, 1.165) is 16.8 Å². The fourth-order valence-corrected chi connectivity index (χ4v) is 2.98. The lowest BCUT2D eigenvalue weighted by atomic mass is 10.0. The number of rotatable bonds is 5. The van der Waals surface area contributed by atoms with Gasteiger partial charge in [0, 0.05) is 23.6 Å². The van der Waals surface area contributed by atoms with Crippen LogP contribution < -0.4 is 5.32 Å². The highest BCUT2D eigenvalue weighted by molar-refractivity contribution is 8.00. The monoisotopic (exact) mass is 335 g/mol. The first-order valence-electron chi connectivity index (χ1n) is 7.63. The molecule has 1 atom stereocenters. The summed E-state index contributed by atoms with van der Waals surface area (Å²) in [5.41, 5.74) is 2.87. The fraction of sp³-hybridized carbons (Fsp3) is 0.105. The summed E-state index contributed by atoms with van der Waals surface area (Å²) in [6, 6.07) is 19.6. The third-order valence-electron chi connectivity index (χ3n) is 3.46. The van der Waals surface area contributed by atoms with E-state index in [4.69, 9.17) is 0 Å². The first-order chi connectivity index (χ1) is 11.7. The zero-order chi connectivity index (χ0) is 16.8. The standard InChI is InChI=1S/C19H17N3OS/c1-14(24-19-20-12-7-13-21-19)18(23)22-17-11-6-5-10-16(17)15-8-3-2-4-9-15/h2-14H,1H3,(H,22,23). The van der Waals surface area contributed by atoms with Crippen molar-refractivity contribution in [1.82, 2.24) is 9.97 Å². The molecule has 0 saturated heterocycles. The van der Waals surface area contributed by atoms with E-state index in [-0.39, 0.29) is 11.2 Å². The van der Waals surface area contributed by atoms with E-state index in [0.29, 0.717) is 5.16 Å². The molecular weight excluding hydrogens is 318 g/mol. The molecule has 3 rings (SSSR count). The Morgan fingerprint density at radius 3 is 2.38 bits per heavy atom. The average molecular weight is 335 g/mol. The molecule has 0 aliphatic carbocycles. The third-order valence-corrected chi connectivity index (χ3v) is 4.45. The van der Waals surface area contributed by atoms with Gasteiger partial charge >= 0.3 is 0 Å². The summed E-state index contributed by atoms with van der Waals surface area (Å²) >= 11 is 1.34. The largest absolute Gasteiger partial charge is 0.325 e. The van der Waals surface area contributed by atoms with Crippen molar-refractivity contribution in [1.29, 1.82) is 0 Å². The zero-order valence-corrected chi connectivity index (χ0v) is 14.0. The highest BCUT2D eigenvalue weighted by Crippen LogP contribution is 2.28. The predicted octanol–water partition coefficient (Wildman–Crippen LogP) is 4.26. The van der Waals surface area contributed by atoms with Gasteiger partial charge in [0.2, 0.25) is 5.91 Å². The molecule has 0 fully saturated rings. The average Bonchev–Trinajstić information content (AvgIpc) is 2.63. The van der Waals surface area contributed by atoms with Gasteiger partial charge in [-0.05, 0) is 24.6 Å². The highest BCUT2D eigenvalue weighted by atomic mass is 32.2. The number of nitrogens with zero attached hydrogens (tertiary/aromatic N) is 2. The Hall–Kier alpha value is -2.66. The Kier molecular flexibility index (Phi) is 5.23. The van der Waals surface area contributed by atoms with Gasteiger partial charge in [-0.3, -0.25) is 4.79 Å². The van der Waals surface area contributed by atoms with Gasteiger partial charge in [0.1, 0.15) is 0 Å². The fourth-order valence-electron chi connectivity index (χ4n) is 2.25. The lowest BCUT2D eigenvalue weighted by Crippen LogP contribution is -2.23. The van der Waals surface area contributed by atoms with Crippen molar-refractivity contribution < 1.29 is 4.79 Å². The number of hydrogen-bond acceptors (Lipinski definition) is 4. The topological polar surface area (TPSA) is 54.9 Å². The molecule has 120 valence electrons. The minimum absolute atomic E-state index is 0.0733. The Morgan fingerprint density at radius 1 is 0.958 bits per heavy atom. The number of nitrogens with one attached hydrogen (secondary N) is 1. The second-order valence-electron chi connectivity index (χ2n) is 5.19. The van der Waals surface area contributed by atoms with Crippen LogP contribution in [0.15, 0.2) is 78.2 Å². The number of carbonyl (C=O) groups is 1. The molecule has 24 heavy (non-hydrogen) atoms. The van der Waals surface area contributed by atoms with Crippen LogP contribution in [0.3, 0.4) is 0 Å². The highest BCUT2D eigenvalue weighted by Gasteiger charge is 2.17. The Balaban J connectivity index is 1.75. The molecular formula is C19H17N3OS. The lowest BCUT2D eigenvalue weighted by Gasteiger charge is -2.14. The summed E-state index contributed by atoms with van der Waals surface area (Å²) in [5, 5.41) is 3.31. The van der Waals surface area contributed by atoms with Crippen molar-refractivity contribution in [2.75, 3.05) is 5.32 Å². The summed E-state index contributed by atoms with van der Waals surface area (Å²) < 4.78 is 0. The number of amides is 1.